The number of halogens is 1. The summed E-state index contributed by atoms with van der Waals surface area (Å²) >= 11 is 0. The van der Waals surface area contributed by atoms with Gasteiger partial charge in [0.25, 0.3) is 0 Å². The Hall–Kier alpha value is -2.21. The zero-order valence-corrected chi connectivity index (χ0v) is 21.9. The Morgan fingerprint density at radius 3 is 2.63 bits per heavy atom. The van der Waals surface area contributed by atoms with Gasteiger partial charge in [-0.25, -0.2) is 0 Å². The summed E-state index contributed by atoms with van der Waals surface area (Å²) < 4.78 is 11.2. The summed E-state index contributed by atoms with van der Waals surface area (Å²) in [4.78, 5) is 6.59. The monoisotopic (exact) mass is 495 g/mol. The minimum absolute atomic E-state index is 0. The van der Waals surface area contributed by atoms with Crippen molar-refractivity contribution in [2.75, 3.05) is 33.9 Å². The topological polar surface area (TPSA) is 49.5 Å². The van der Waals surface area contributed by atoms with Gasteiger partial charge < -0.3 is 19.8 Å². The molecular weight excluding hydrogens is 458 g/mol. The second-order valence-corrected chi connectivity index (χ2v) is 10.4. The molecule has 2 aromatic carbocycles. The summed E-state index contributed by atoms with van der Waals surface area (Å²) in [5.74, 6) is 3.12. The molecule has 188 valence electrons. The van der Waals surface area contributed by atoms with Crippen molar-refractivity contribution < 1.29 is 9.47 Å². The molecule has 35 heavy (non-hydrogen) atoms. The fourth-order valence-electron chi connectivity index (χ4n) is 7.02. The van der Waals surface area contributed by atoms with Crippen molar-refractivity contribution in [3.05, 3.63) is 58.8 Å². The van der Waals surface area contributed by atoms with Crippen LogP contribution in [0, 0.1) is 11.8 Å². The van der Waals surface area contributed by atoms with E-state index in [2.05, 4.69) is 58.5 Å². The quantitative estimate of drug-likeness (QED) is 0.467. The highest BCUT2D eigenvalue weighted by atomic mass is 35.5. The maximum absolute atomic E-state index is 5.66. The van der Waals surface area contributed by atoms with Crippen LogP contribution >= 0.6 is 12.4 Å². The Bertz CT molecular complexity index is 1190. The second kappa shape index (κ2) is 10.0. The fraction of sp³-hybridized carbons (Fsp3) is 0.517. The highest BCUT2D eigenvalue weighted by molar-refractivity contribution is 5.85. The van der Waals surface area contributed by atoms with Crippen LogP contribution in [0.15, 0.2) is 36.4 Å². The normalized spacial score (nSPS) is 25.8. The Morgan fingerprint density at radius 2 is 1.83 bits per heavy atom. The molecule has 6 rings (SSSR count). The highest BCUT2D eigenvalue weighted by Crippen LogP contribution is 2.47. The number of aromatic nitrogens is 1. The molecule has 4 heterocycles. The van der Waals surface area contributed by atoms with Crippen molar-refractivity contribution in [2.24, 2.45) is 11.8 Å². The predicted molar refractivity (Wildman–Crippen MR) is 144 cm³/mol. The summed E-state index contributed by atoms with van der Waals surface area (Å²) in [6.45, 7) is 5.81. The van der Waals surface area contributed by atoms with Crippen LogP contribution < -0.4 is 14.8 Å². The standard InChI is InChI=1S/C29H37N3O2.ClH/c1-4-18-17-32-12-10-22-21-7-5-6-8-24(21)31-29(22)26(32)14-20(18)13-25-23-16-28(34-3)27(33-2)15-19(23)9-11-30-25;/h5-8,15-16,18,20,25-26,30-31H,4,9-14,17H2,1-3H3;1H. The number of aromatic amines is 1. The Morgan fingerprint density at radius 1 is 1.03 bits per heavy atom. The number of para-hydroxylation sites is 1. The maximum atomic E-state index is 5.66. The number of piperidine rings is 1. The third kappa shape index (κ3) is 4.22. The van der Waals surface area contributed by atoms with E-state index in [0.29, 0.717) is 18.0 Å². The van der Waals surface area contributed by atoms with Gasteiger partial charge in [0.15, 0.2) is 11.5 Å². The smallest absolute Gasteiger partial charge is 0.161 e. The largest absolute Gasteiger partial charge is 0.493 e. The molecule has 0 amide bonds. The highest BCUT2D eigenvalue weighted by Gasteiger charge is 2.40. The van der Waals surface area contributed by atoms with Crippen LogP contribution in [0.2, 0.25) is 0 Å². The summed E-state index contributed by atoms with van der Waals surface area (Å²) in [5.41, 5.74) is 7.14. The zero-order chi connectivity index (χ0) is 23.2. The van der Waals surface area contributed by atoms with E-state index in [1.807, 2.05) is 0 Å². The Labute approximate surface area is 215 Å². The lowest BCUT2D eigenvalue weighted by molar-refractivity contribution is 0.0421. The first-order valence-corrected chi connectivity index (χ1v) is 13.0. The SMILES string of the molecule is CCC1CN2CCc3c([nH]c4ccccc34)C2CC1CC1NCCc2cc(OC)c(OC)cc21.Cl. The summed E-state index contributed by atoms with van der Waals surface area (Å²) in [6, 6.07) is 14.1. The molecule has 3 aromatic rings. The molecule has 3 aliphatic rings. The summed E-state index contributed by atoms with van der Waals surface area (Å²) in [7, 11) is 3.46. The average molecular weight is 496 g/mol. The van der Waals surface area contributed by atoms with Gasteiger partial charge in [0.2, 0.25) is 0 Å². The number of benzene rings is 2. The predicted octanol–water partition coefficient (Wildman–Crippen LogP) is 5.83. The van der Waals surface area contributed by atoms with Gasteiger partial charge >= 0.3 is 0 Å². The first kappa shape index (κ1) is 24.5. The lowest BCUT2D eigenvalue weighted by Crippen LogP contribution is -2.46. The number of H-pyrrole nitrogens is 1. The van der Waals surface area contributed by atoms with Crippen LogP contribution in [-0.2, 0) is 12.8 Å². The minimum Gasteiger partial charge on any atom is -0.493 e. The van der Waals surface area contributed by atoms with Crippen LogP contribution in [0.4, 0.5) is 0 Å². The molecular formula is C29H38ClN3O2. The van der Waals surface area contributed by atoms with Gasteiger partial charge in [0.05, 0.1) is 20.3 Å². The number of fused-ring (bicyclic) bond motifs is 6. The number of methoxy groups -OCH3 is 2. The van der Waals surface area contributed by atoms with Crippen molar-refractivity contribution in [1.29, 1.82) is 0 Å². The van der Waals surface area contributed by atoms with Crippen LogP contribution in [0.1, 0.15) is 60.7 Å². The Balaban J connectivity index is 0.00000253. The van der Waals surface area contributed by atoms with Crippen molar-refractivity contribution in [2.45, 2.75) is 51.1 Å². The fourth-order valence-corrected chi connectivity index (χ4v) is 7.02. The molecule has 4 unspecified atom stereocenters. The van der Waals surface area contributed by atoms with E-state index in [1.54, 1.807) is 19.8 Å². The molecule has 6 heteroatoms. The molecule has 5 nitrogen and oxygen atoms in total. The molecule has 0 saturated carbocycles. The third-order valence-electron chi connectivity index (χ3n) is 8.80. The maximum Gasteiger partial charge on any atom is 0.161 e. The molecule has 4 atom stereocenters. The van der Waals surface area contributed by atoms with E-state index in [4.69, 9.17) is 9.47 Å². The summed E-state index contributed by atoms with van der Waals surface area (Å²) in [5, 5.41) is 5.28. The first-order chi connectivity index (χ1) is 16.7. The van der Waals surface area contributed by atoms with E-state index < -0.39 is 0 Å². The van der Waals surface area contributed by atoms with Gasteiger partial charge in [-0.15, -0.1) is 12.4 Å². The van der Waals surface area contributed by atoms with E-state index in [9.17, 15) is 0 Å². The minimum atomic E-state index is 0. The first-order valence-electron chi connectivity index (χ1n) is 13.0. The second-order valence-electron chi connectivity index (χ2n) is 10.4. The zero-order valence-electron chi connectivity index (χ0n) is 21.1. The van der Waals surface area contributed by atoms with Crippen LogP contribution in [-0.4, -0.2) is 43.7 Å². The molecule has 0 bridgehead atoms. The van der Waals surface area contributed by atoms with E-state index in [-0.39, 0.29) is 12.4 Å². The molecule has 1 aromatic heterocycles. The Kier molecular flexibility index (Phi) is 7.02. The molecule has 1 saturated heterocycles. The van der Waals surface area contributed by atoms with E-state index in [1.165, 1.54) is 60.1 Å². The molecule has 1 fully saturated rings. The number of hydrogen-bond donors (Lipinski definition) is 2. The van der Waals surface area contributed by atoms with Crippen molar-refractivity contribution in [1.82, 2.24) is 15.2 Å². The van der Waals surface area contributed by atoms with Gasteiger partial charge in [-0.05, 0) is 79.0 Å². The van der Waals surface area contributed by atoms with Gasteiger partial charge in [-0.2, -0.15) is 0 Å². The molecule has 0 radical (unpaired) electrons. The van der Waals surface area contributed by atoms with Crippen LogP contribution in [0.25, 0.3) is 10.9 Å². The van der Waals surface area contributed by atoms with Crippen LogP contribution in [0.3, 0.4) is 0 Å². The molecule has 0 spiro atoms. The molecule has 2 N–H and O–H groups in total. The lowest BCUT2D eigenvalue weighted by atomic mass is 9.73. The van der Waals surface area contributed by atoms with Gasteiger partial charge in [-0.1, -0.05) is 31.5 Å². The average Bonchev–Trinajstić information content (AvgIpc) is 3.27. The number of nitrogens with zero attached hydrogens (tertiary/aromatic N) is 1. The van der Waals surface area contributed by atoms with E-state index >= 15 is 0 Å². The number of nitrogens with one attached hydrogen (secondary N) is 2. The third-order valence-corrected chi connectivity index (χ3v) is 8.80. The molecule has 3 aliphatic heterocycles. The van der Waals surface area contributed by atoms with Crippen molar-refractivity contribution in [3.8, 4) is 11.5 Å². The van der Waals surface area contributed by atoms with E-state index in [0.717, 1.165) is 36.8 Å². The summed E-state index contributed by atoms with van der Waals surface area (Å²) in [6.07, 6.45) is 5.87. The van der Waals surface area contributed by atoms with Crippen molar-refractivity contribution in [3.63, 3.8) is 0 Å². The van der Waals surface area contributed by atoms with Crippen LogP contribution in [0.5, 0.6) is 11.5 Å². The number of hydrogen-bond acceptors (Lipinski definition) is 4. The van der Waals surface area contributed by atoms with Gasteiger partial charge in [0.1, 0.15) is 0 Å². The van der Waals surface area contributed by atoms with Crippen molar-refractivity contribution >= 4 is 23.3 Å². The number of ether oxygens (including phenoxy) is 2. The number of rotatable bonds is 5. The van der Waals surface area contributed by atoms with Gasteiger partial charge in [0, 0.05) is 35.7 Å². The molecule has 0 aliphatic carbocycles. The lowest BCUT2D eigenvalue weighted by Gasteiger charge is -2.47. The van der Waals surface area contributed by atoms with Gasteiger partial charge in [-0.3, -0.25) is 4.90 Å².